The number of hydrogen-bond acceptors (Lipinski definition) is 4. The van der Waals surface area contributed by atoms with Crippen molar-refractivity contribution >= 4 is 11.8 Å². The number of carbonyl (C=O) groups is 2. The Morgan fingerprint density at radius 1 is 0.870 bits per heavy atom. The highest BCUT2D eigenvalue weighted by Gasteiger charge is 2.21. The van der Waals surface area contributed by atoms with Crippen LogP contribution < -0.4 is 10.6 Å². The van der Waals surface area contributed by atoms with Gasteiger partial charge in [0, 0.05) is 38.3 Å². The van der Waals surface area contributed by atoms with Crippen molar-refractivity contribution in [2.24, 2.45) is 5.92 Å². The first kappa shape index (κ1) is 19.9. The Kier molecular flexibility index (Phi) is 8.55. The molecule has 0 aromatic carbocycles. The second-order valence-corrected chi connectivity index (χ2v) is 7.03. The fourth-order valence-corrected chi connectivity index (χ4v) is 2.40. The predicted octanol–water partition coefficient (Wildman–Crippen LogP) is 0.679. The molecule has 1 rings (SSSR count). The van der Waals surface area contributed by atoms with Crippen molar-refractivity contribution in [3.05, 3.63) is 0 Å². The number of piperazine rings is 1. The molecule has 2 amide bonds. The molecule has 1 fully saturated rings. The van der Waals surface area contributed by atoms with Crippen molar-refractivity contribution in [1.82, 2.24) is 20.4 Å². The lowest BCUT2D eigenvalue weighted by molar-refractivity contribution is -0.125. The first-order valence-electron chi connectivity index (χ1n) is 8.85. The van der Waals surface area contributed by atoms with Crippen molar-refractivity contribution in [3.63, 3.8) is 0 Å². The molecule has 1 heterocycles. The van der Waals surface area contributed by atoms with Crippen LogP contribution in [0.3, 0.4) is 0 Å². The molecule has 2 N–H and O–H groups in total. The number of nitrogens with one attached hydrogen (secondary N) is 2. The van der Waals surface area contributed by atoms with Crippen LogP contribution in [0, 0.1) is 5.92 Å². The van der Waals surface area contributed by atoms with Gasteiger partial charge < -0.3 is 10.6 Å². The number of hydrogen-bond donors (Lipinski definition) is 2. The standard InChI is InChI=1S/C17H34N4O2/c1-6-14(4)18-16(22)11-20-7-9-21(10-8-20)12-17(23)19-15(5)13(2)3/h13-15H,6-12H2,1-5H3,(H,18,22)(H,19,23). The maximum absolute atomic E-state index is 12.0. The largest absolute Gasteiger partial charge is 0.353 e. The second-order valence-electron chi connectivity index (χ2n) is 7.03. The van der Waals surface area contributed by atoms with Gasteiger partial charge in [0.25, 0.3) is 0 Å². The first-order chi connectivity index (χ1) is 10.8. The highest BCUT2D eigenvalue weighted by molar-refractivity contribution is 5.79. The minimum atomic E-state index is 0.0918. The molecule has 1 aliphatic rings. The van der Waals surface area contributed by atoms with Crippen LogP contribution in [-0.2, 0) is 9.59 Å². The maximum Gasteiger partial charge on any atom is 0.234 e. The van der Waals surface area contributed by atoms with Crippen LogP contribution in [0.5, 0.6) is 0 Å². The van der Waals surface area contributed by atoms with Gasteiger partial charge in [0.05, 0.1) is 13.1 Å². The molecule has 2 unspecified atom stereocenters. The van der Waals surface area contributed by atoms with Gasteiger partial charge in [-0.1, -0.05) is 20.8 Å². The number of rotatable bonds is 8. The summed E-state index contributed by atoms with van der Waals surface area (Å²) in [5, 5.41) is 6.03. The molecule has 1 saturated heterocycles. The van der Waals surface area contributed by atoms with E-state index in [2.05, 4.69) is 41.2 Å². The van der Waals surface area contributed by atoms with E-state index in [1.807, 2.05) is 13.8 Å². The molecule has 6 heteroatoms. The summed E-state index contributed by atoms with van der Waals surface area (Å²) in [4.78, 5) is 28.2. The molecule has 0 saturated carbocycles. The lowest BCUT2D eigenvalue weighted by atomic mass is 10.1. The molecule has 6 nitrogen and oxygen atoms in total. The van der Waals surface area contributed by atoms with Crippen molar-refractivity contribution in [2.75, 3.05) is 39.3 Å². The Hall–Kier alpha value is -1.14. The van der Waals surface area contributed by atoms with Crippen LogP contribution in [-0.4, -0.2) is 73.0 Å². The molecule has 0 aromatic rings. The average Bonchev–Trinajstić information content (AvgIpc) is 2.48. The second kappa shape index (κ2) is 9.88. The average molecular weight is 326 g/mol. The van der Waals surface area contributed by atoms with Gasteiger partial charge in [0.1, 0.15) is 0 Å². The van der Waals surface area contributed by atoms with Crippen LogP contribution in [0.15, 0.2) is 0 Å². The molecule has 0 aromatic heterocycles. The lowest BCUT2D eigenvalue weighted by Gasteiger charge is -2.34. The lowest BCUT2D eigenvalue weighted by Crippen LogP contribution is -2.52. The molecule has 2 atom stereocenters. The van der Waals surface area contributed by atoms with E-state index >= 15 is 0 Å². The predicted molar refractivity (Wildman–Crippen MR) is 93.2 cm³/mol. The van der Waals surface area contributed by atoms with Crippen LogP contribution in [0.4, 0.5) is 0 Å². The van der Waals surface area contributed by atoms with Crippen LogP contribution in [0.1, 0.15) is 41.0 Å². The van der Waals surface area contributed by atoms with Gasteiger partial charge in [-0.2, -0.15) is 0 Å². The van der Waals surface area contributed by atoms with Gasteiger partial charge in [-0.25, -0.2) is 0 Å². The summed E-state index contributed by atoms with van der Waals surface area (Å²) >= 11 is 0. The molecule has 0 bridgehead atoms. The van der Waals surface area contributed by atoms with Crippen molar-refractivity contribution in [1.29, 1.82) is 0 Å². The van der Waals surface area contributed by atoms with Gasteiger partial charge in [-0.3, -0.25) is 19.4 Å². The normalized spacial score (nSPS) is 19.4. The summed E-state index contributed by atoms with van der Waals surface area (Å²) in [6.07, 6.45) is 0.948. The van der Waals surface area contributed by atoms with E-state index in [9.17, 15) is 9.59 Å². The third-order valence-corrected chi connectivity index (χ3v) is 4.61. The van der Waals surface area contributed by atoms with Crippen molar-refractivity contribution in [3.8, 4) is 0 Å². The van der Waals surface area contributed by atoms with Gasteiger partial charge >= 0.3 is 0 Å². The van der Waals surface area contributed by atoms with E-state index < -0.39 is 0 Å². The summed E-state index contributed by atoms with van der Waals surface area (Å²) in [6.45, 7) is 14.6. The van der Waals surface area contributed by atoms with Gasteiger partial charge in [-0.15, -0.1) is 0 Å². The Morgan fingerprint density at radius 3 is 1.70 bits per heavy atom. The van der Waals surface area contributed by atoms with Crippen LogP contribution >= 0.6 is 0 Å². The fourth-order valence-electron chi connectivity index (χ4n) is 2.40. The fraction of sp³-hybridized carbons (Fsp3) is 0.882. The van der Waals surface area contributed by atoms with E-state index in [1.54, 1.807) is 0 Å². The van der Waals surface area contributed by atoms with Crippen molar-refractivity contribution in [2.45, 2.75) is 53.1 Å². The van der Waals surface area contributed by atoms with E-state index in [-0.39, 0.29) is 23.9 Å². The molecule has 0 spiro atoms. The monoisotopic (exact) mass is 326 g/mol. The zero-order valence-corrected chi connectivity index (χ0v) is 15.4. The maximum atomic E-state index is 12.0. The minimum absolute atomic E-state index is 0.0918. The molecule has 0 aliphatic carbocycles. The summed E-state index contributed by atoms with van der Waals surface area (Å²) in [6, 6.07) is 0.434. The van der Waals surface area contributed by atoms with E-state index in [0.717, 1.165) is 32.6 Å². The summed E-state index contributed by atoms with van der Waals surface area (Å²) in [5.74, 6) is 0.630. The highest BCUT2D eigenvalue weighted by atomic mass is 16.2. The quantitative estimate of drug-likeness (QED) is 0.688. The zero-order chi connectivity index (χ0) is 17.4. The van der Waals surface area contributed by atoms with E-state index in [4.69, 9.17) is 0 Å². The third kappa shape index (κ3) is 7.79. The zero-order valence-electron chi connectivity index (χ0n) is 15.4. The number of nitrogens with zero attached hydrogens (tertiary/aromatic N) is 2. The molecule has 134 valence electrons. The van der Waals surface area contributed by atoms with E-state index in [1.165, 1.54) is 0 Å². The van der Waals surface area contributed by atoms with Crippen LogP contribution in [0.25, 0.3) is 0 Å². The van der Waals surface area contributed by atoms with Crippen molar-refractivity contribution < 1.29 is 9.59 Å². The SMILES string of the molecule is CCC(C)NC(=O)CN1CCN(CC(=O)NC(C)C(C)C)CC1. The molecular weight excluding hydrogens is 292 g/mol. The van der Waals surface area contributed by atoms with Gasteiger partial charge in [-0.05, 0) is 26.2 Å². The topological polar surface area (TPSA) is 64.7 Å². The summed E-state index contributed by atoms with van der Waals surface area (Å²) < 4.78 is 0. The molecular formula is C17H34N4O2. The smallest absolute Gasteiger partial charge is 0.234 e. The first-order valence-corrected chi connectivity index (χ1v) is 8.85. The van der Waals surface area contributed by atoms with Gasteiger partial charge in [0.2, 0.25) is 11.8 Å². The molecule has 0 radical (unpaired) electrons. The minimum Gasteiger partial charge on any atom is -0.353 e. The van der Waals surface area contributed by atoms with Gasteiger partial charge in [0.15, 0.2) is 0 Å². The summed E-state index contributed by atoms with van der Waals surface area (Å²) in [7, 11) is 0. The Morgan fingerprint density at radius 2 is 1.30 bits per heavy atom. The Balaban J connectivity index is 2.25. The number of carbonyl (C=O) groups excluding carboxylic acids is 2. The van der Waals surface area contributed by atoms with E-state index in [0.29, 0.717) is 19.0 Å². The Bertz CT molecular complexity index is 379. The molecule has 23 heavy (non-hydrogen) atoms. The highest BCUT2D eigenvalue weighted by Crippen LogP contribution is 2.03. The number of amides is 2. The Labute approximate surface area is 141 Å². The third-order valence-electron chi connectivity index (χ3n) is 4.61. The summed E-state index contributed by atoms with van der Waals surface area (Å²) in [5.41, 5.74) is 0. The van der Waals surface area contributed by atoms with Crippen LogP contribution in [0.2, 0.25) is 0 Å². The molecule has 1 aliphatic heterocycles.